The van der Waals surface area contributed by atoms with Crippen molar-refractivity contribution in [3.8, 4) is 0 Å². The molecule has 0 N–H and O–H groups in total. The maximum absolute atomic E-state index is 6.04. The minimum Gasteiger partial charge on any atom is -0.423 e. The van der Waals surface area contributed by atoms with Crippen LogP contribution >= 0.6 is 11.6 Å². The molecular weight excluding hydrogens is 212 g/mol. The van der Waals surface area contributed by atoms with Crippen molar-refractivity contribution in [2.75, 3.05) is 18.0 Å². The maximum Gasteiger partial charge on any atom is 0.298 e. The van der Waals surface area contributed by atoms with Crippen LogP contribution in [0.5, 0.6) is 0 Å². The van der Waals surface area contributed by atoms with Crippen LogP contribution in [0.2, 0.25) is 0 Å². The largest absolute Gasteiger partial charge is 0.423 e. The fourth-order valence-electron chi connectivity index (χ4n) is 1.89. The van der Waals surface area contributed by atoms with Crippen molar-refractivity contribution in [3.63, 3.8) is 0 Å². The van der Waals surface area contributed by atoms with Crippen LogP contribution in [0, 0.1) is 0 Å². The summed E-state index contributed by atoms with van der Waals surface area (Å²) in [5.74, 6) is 0. The quantitative estimate of drug-likeness (QED) is 0.695. The van der Waals surface area contributed by atoms with Gasteiger partial charge in [-0.15, -0.1) is 11.6 Å². The van der Waals surface area contributed by atoms with E-state index in [-0.39, 0.29) is 5.38 Å². The van der Waals surface area contributed by atoms with Gasteiger partial charge in [0.15, 0.2) is 5.58 Å². The molecule has 3 rings (SSSR count). The number of hydrogen-bond donors (Lipinski definition) is 0. The van der Waals surface area contributed by atoms with Gasteiger partial charge >= 0.3 is 0 Å². The van der Waals surface area contributed by atoms with E-state index in [1.807, 2.05) is 24.3 Å². The second-order valence-corrected chi connectivity index (χ2v) is 4.41. The predicted octanol–water partition coefficient (Wildman–Crippen LogP) is 2.65. The first-order chi connectivity index (χ1) is 7.33. The molecule has 4 heteroatoms. The molecule has 0 saturated carbocycles. The highest BCUT2D eigenvalue weighted by atomic mass is 35.5. The lowest BCUT2D eigenvalue weighted by molar-refractivity contribution is 0.585. The van der Waals surface area contributed by atoms with Crippen LogP contribution in [0.4, 0.5) is 6.01 Å². The summed E-state index contributed by atoms with van der Waals surface area (Å²) in [6.07, 6.45) is 1.00. The van der Waals surface area contributed by atoms with Gasteiger partial charge in [0.2, 0.25) is 0 Å². The third-order valence-corrected chi connectivity index (χ3v) is 3.04. The van der Waals surface area contributed by atoms with Crippen molar-refractivity contribution >= 4 is 28.7 Å². The summed E-state index contributed by atoms with van der Waals surface area (Å²) in [7, 11) is 0. The Morgan fingerprint density at radius 1 is 1.40 bits per heavy atom. The van der Waals surface area contributed by atoms with E-state index >= 15 is 0 Å². The molecule has 1 saturated heterocycles. The average Bonchev–Trinajstić information content (AvgIpc) is 2.82. The Bertz CT molecular complexity index is 449. The highest BCUT2D eigenvalue weighted by Gasteiger charge is 2.24. The first kappa shape index (κ1) is 9.04. The number of aromatic nitrogens is 1. The van der Waals surface area contributed by atoms with E-state index in [1.165, 1.54) is 0 Å². The Labute approximate surface area is 92.6 Å². The number of oxazole rings is 1. The third kappa shape index (κ3) is 1.57. The van der Waals surface area contributed by atoms with E-state index in [1.54, 1.807) is 0 Å². The molecule has 1 aromatic carbocycles. The van der Waals surface area contributed by atoms with E-state index in [2.05, 4.69) is 9.88 Å². The number of alkyl halides is 1. The van der Waals surface area contributed by atoms with Crippen molar-refractivity contribution in [1.29, 1.82) is 0 Å². The zero-order valence-electron chi connectivity index (χ0n) is 8.19. The average molecular weight is 223 g/mol. The fourth-order valence-corrected chi connectivity index (χ4v) is 2.15. The standard InChI is InChI=1S/C11H11ClN2O/c12-8-5-6-14(7-8)11-13-9-3-1-2-4-10(9)15-11/h1-4,8H,5-7H2. The molecule has 0 bridgehead atoms. The topological polar surface area (TPSA) is 29.3 Å². The van der Waals surface area contributed by atoms with Gasteiger partial charge in [-0.2, -0.15) is 4.98 Å². The van der Waals surface area contributed by atoms with Gasteiger partial charge in [0.25, 0.3) is 6.01 Å². The molecule has 1 aromatic heterocycles. The molecule has 78 valence electrons. The first-order valence-electron chi connectivity index (χ1n) is 5.07. The third-order valence-electron chi connectivity index (χ3n) is 2.68. The number of nitrogens with zero attached hydrogens (tertiary/aromatic N) is 2. The molecule has 1 fully saturated rings. The molecule has 3 nitrogen and oxygen atoms in total. The zero-order valence-corrected chi connectivity index (χ0v) is 8.94. The zero-order chi connectivity index (χ0) is 10.3. The minimum atomic E-state index is 0.222. The Morgan fingerprint density at radius 2 is 2.27 bits per heavy atom. The molecule has 15 heavy (non-hydrogen) atoms. The number of fused-ring (bicyclic) bond motifs is 1. The normalized spacial score (nSPS) is 21.4. The Balaban J connectivity index is 1.98. The van der Waals surface area contributed by atoms with Gasteiger partial charge in [-0.3, -0.25) is 0 Å². The molecule has 0 spiro atoms. The first-order valence-corrected chi connectivity index (χ1v) is 5.51. The van der Waals surface area contributed by atoms with E-state index in [0.29, 0.717) is 6.01 Å². The van der Waals surface area contributed by atoms with Gasteiger partial charge in [0.1, 0.15) is 5.52 Å². The molecule has 0 aliphatic carbocycles. The van der Waals surface area contributed by atoms with Gasteiger partial charge in [0.05, 0.1) is 5.38 Å². The summed E-state index contributed by atoms with van der Waals surface area (Å²) in [4.78, 5) is 6.52. The smallest absolute Gasteiger partial charge is 0.298 e. The lowest BCUT2D eigenvalue weighted by Crippen LogP contribution is -2.19. The van der Waals surface area contributed by atoms with Crippen LogP contribution in [0.15, 0.2) is 28.7 Å². The highest BCUT2D eigenvalue weighted by molar-refractivity contribution is 6.21. The van der Waals surface area contributed by atoms with Crippen LogP contribution in [0.25, 0.3) is 11.1 Å². The molecule has 2 heterocycles. The van der Waals surface area contributed by atoms with Crippen molar-refractivity contribution in [2.45, 2.75) is 11.8 Å². The minimum absolute atomic E-state index is 0.222. The monoisotopic (exact) mass is 222 g/mol. The number of para-hydroxylation sites is 2. The van der Waals surface area contributed by atoms with Crippen LogP contribution < -0.4 is 4.90 Å². The van der Waals surface area contributed by atoms with Crippen molar-refractivity contribution in [1.82, 2.24) is 4.98 Å². The molecule has 1 atom stereocenters. The van der Waals surface area contributed by atoms with E-state index in [4.69, 9.17) is 16.0 Å². The van der Waals surface area contributed by atoms with Crippen LogP contribution in [-0.2, 0) is 0 Å². The van der Waals surface area contributed by atoms with Crippen LogP contribution in [-0.4, -0.2) is 23.5 Å². The van der Waals surface area contributed by atoms with Gasteiger partial charge < -0.3 is 9.32 Å². The van der Waals surface area contributed by atoms with Gasteiger partial charge in [0, 0.05) is 13.1 Å². The number of halogens is 1. The molecule has 0 radical (unpaired) electrons. The van der Waals surface area contributed by atoms with Crippen molar-refractivity contribution < 1.29 is 4.42 Å². The lowest BCUT2D eigenvalue weighted by atomic mass is 10.3. The summed E-state index contributed by atoms with van der Waals surface area (Å²) in [6.45, 7) is 1.76. The number of hydrogen-bond acceptors (Lipinski definition) is 3. The predicted molar refractivity (Wildman–Crippen MR) is 60.5 cm³/mol. The lowest BCUT2D eigenvalue weighted by Gasteiger charge is -2.10. The molecule has 0 amide bonds. The van der Waals surface area contributed by atoms with Crippen molar-refractivity contribution in [2.24, 2.45) is 0 Å². The molecule has 1 unspecified atom stereocenters. The second kappa shape index (κ2) is 3.42. The summed E-state index contributed by atoms with van der Waals surface area (Å²) >= 11 is 6.04. The second-order valence-electron chi connectivity index (χ2n) is 3.80. The molecular formula is C11H11ClN2O. The Morgan fingerprint density at radius 3 is 3.00 bits per heavy atom. The van der Waals surface area contributed by atoms with Gasteiger partial charge in [-0.25, -0.2) is 0 Å². The Hall–Kier alpha value is -1.22. The number of benzene rings is 1. The van der Waals surface area contributed by atoms with Crippen LogP contribution in [0.3, 0.4) is 0 Å². The molecule has 1 aliphatic heterocycles. The SMILES string of the molecule is ClC1CCN(c2nc3ccccc3o2)C1. The summed E-state index contributed by atoms with van der Waals surface area (Å²) in [6, 6.07) is 8.49. The molecule has 2 aromatic rings. The summed E-state index contributed by atoms with van der Waals surface area (Å²) in [5.41, 5.74) is 1.75. The van der Waals surface area contributed by atoms with Gasteiger partial charge in [-0.05, 0) is 18.6 Å². The van der Waals surface area contributed by atoms with E-state index < -0.39 is 0 Å². The Kier molecular flexibility index (Phi) is 2.06. The van der Waals surface area contributed by atoms with Crippen LogP contribution in [0.1, 0.15) is 6.42 Å². The van der Waals surface area contributed by atoms with Gasteiger partial charge in [-0.1, -0.05) is 12.1 Å². The number of anilines is 1. The van der Waals surface area contributed by atoms with E-state index in [9.17, 15) is 0 Å². The summed E-state index contributed by atoms with van der Waals surface area (Å²) in [5, 5.41) is 0.222. The molecule has 1 aliphatic rings. The van der Waals surface area contributed by atoms with Crippen molar-refractivity contribution in [3.05, 3.63) is 24.3 Å². The summed E-state index contributed by atoms with van der Waals surface area (Å²) < 4.78 is 5.66. The fraction of sp³-hybridized carbons (Fsp3) is 0.364. The van der Waals surface area contributed by atoms with E-state index in [0.717, 1.165) is 30.6 Å². The highest BCUT2D eigenvalue weighted by Crippen LogP contribution is 2.25. The maximum atomic E-state index is 6.04. The number of rotatable bonds is 1.